The number of hydrogen-bond acceptors (Lipinski definition) is 5. The van der Waals surface area contributed by atoms with Gasteiger partial charge in [-0.05, 0) is 19.8 Å². The number of nitrogens with two attached hydrogens (primary N) is 1. The minimum atomic E-state index is -0.413. The van der Waals surface area contributed by atoms with Gasteiger partial charge in [0.15, 0.2) is 5.82 Å². The molecule has 2 heterocycles. The molecule has 2 rings (SSSR count). The first-order chi connectivity index (χ1) is 8.19. The quantitative estimate of drug-likeness (QED) is 0.791. The van der Waals surface area contributed by atoms with Gasteiger partial charge in [-0.1, -0.05) is 0 Å². The summed E-state index contributed by atoms with van der Waals surface area (Å²) in [6, 6.07) is 0. The van der Waals surface area contributed by atoms with Gasteiger partial charge in [0.2, 0.25) is 0 Å². The van der Waals surface area contributed by atoms with Crippen molar-refractivity contribution in [2.45, 2.75) is 26.3 Å². The van der Waals surface area contributed by atoms with Gasteiger partial charge < -0.3 is 15.4 Å². The third-order valence-corrected chi connectivity index (χ3v) is 3.07. The van der Waals surface area contributed by atoms with Crippen LogP contribution in [-0.4, -0.2) is 35.9 Å². The molecule has 0 saturated carbocycles. The molecule has 0 bridgehead atoms. The van der Waals surface area contributed by atoms with Crippen LogP contribution < -0.4 is 10.6 Å². The van der Waals surface area contributed by atoms with Gasteiger partial charge in [0, 0.05) is 19.6 Å². The molecule has 1 saturated heterocycles. The Kier molecular flexibility index (Phi) is 3.21. The van der Waals surface area contributed by atoms with E-state index in [1.54, 1.807) is 4.68 Å². The fourth-order valence-corrected chi connectivity index (χ4v) is 2.15. The minimum absolute atomic E-state index is 0.390. The zero-order valence-corrected chi connectivity index (χ0v) is 10.3. The SMILES string of the molecule is CCn1nc(N2CCCC2)c(C(=O)OC)c1N. The lowest BCUT2D eigenvalue weighted by molar-refractivity contribution is 0.0602. The lowest BCUT2D eigenvalue weighted by Crippen LogP contribution is -2.21. The summed E-state index contributed by atoms with van der Waals surface area (Å²) in [6.07, 6.45) is 2.25. The van der Waals surface area contributed by atoms with Crippen LogP contribution in [0.5, 0.6) is 0 Å². The van der Waals surface area contributed by atoms with Gasteiger partial charge in [0.05, 0.1) is 7.11 Å². The first kappa shape index (κ1) is 11.8. The highest BCUT2D eigenvalue weighted by molar-refractivity contribution is 5.99. The summed E-state index contributed by atoms with van der Waals surface area (Å²) < 4.78 is 6.42. The zero-order valence-electron chi connectivity index (χ0n) is 10.3. The van der Waals surface area contributed by atoms with Crippen molar-refractivity contribution in [3.8, 4) is 0 Å². The largest absolute Gasteiger partial charge is 0.465 e. The van der Waals surface area contributed by atoms with Crippen molar-refractivity contribution in [2.24, 2.45) is 0 Å². The maximum Gasteiger partial charge on any atom is 0.345 e. The molecule has 1 fully saturated rings. The molecule has 0 amide bonds. The lowest BCUT2D eigenvalue weighted by atomic mass is 10.3. The van der Waals surface area contributed by atoms with E-state index in [2.05, 4.69) is 10.00 Å². The number of rotatable bonds is 3. The van der Waals surface area contributed by atoms with Crippen molar-refractivity contribution < 1.29 is 9.53 Å². The molecule has 0 atom stereocenters. The molecule has 6 nitrogen and oxygen atoms in total. The Morgan fingerprint density at radius 3 is 2.65 bits per heavy atom. The van der Waals surface area contributed by atoms with Crippen molar-refractivity contribution in [1.82, 2.24) is 9.78 Å². The Labute approximate surface area is 100 Å². The van der Waals surface area contributed by atoms with E-state index in [0.717, 1.165) is 25.9 Å². The van der Waals surface area contributed by atoms with E-state index in [1.165, 1.54) is 7.11 Å². The topological polar surface area (TPSA) is 73.4 Å². The van der Waals surface area contributed by atoms with E-state index in [9.17, 15) is 4.79 Å². The number of nitrogens with zero attached hydrogens (tertiary/aromatic N) is 3. The molecule has 0 unspecified atom stereocenters. The van der Waals surface area contributed by atoms with Crippen LogP contribution in [0, 0.1) is 0 Å². The molecular weight excluding hydrogens is 220 g/mol. The molecule has 0 aliphatic carbocycles. The van der Waals surface area contributed by atoms with Gasteiger partial charge in [-0.3, -0.25) is 0 Å². The number of ether oxygens (including phenoxy) is 1. The van der Waals surface area contributed by atoms with E-state index in [-0.39, 0.29) is 0 Å². The zero-order chi connectivity index (χ0) is 12.4. The summed E-state index contributed by atoms with van der Waals surface area (Å²) in [5.74, 6) is 0.638. The Morgan fingerprint density at radius 2 is 2.12 bits per heavy atom. The number of aryl methyl sites for hydroxylation is 1. The highest BCUT2D eigenvalue weighted by atomic mass is 16.5. The van der Waals surface area contributed by atoms with Crippen LogP contribution in [0.4, 0.5) is 11.6 Å². The average molecular weight is 238 g/mol. The second-order valence-corrected chi connectivity index (χ2v) is 4.09. The number of anilines is 2. The number of carbonyl (C=O) groups excluding carboxylic acids is 1. The summed E-state index contributed by atoms with van der Waals surface area (Å²) >= 11 is 0. The van der Waals surface area contributed by atoms with E-state index >= 15 is 0 Å². The summed E-state index contributed by atoms with van der Waals surface area (Å²) in [5.41, 5.74) is 6.33. The number of hydrogen-bond donors (Lipinski definition) is 1. The van der Waals surface area contributed by atoms with Gasteiger partial charge in [-0.25, -0.2) is 9.48 Å². The Morgan fingerprint density at radius 1 is 1.47 bits per heavy atom. The standard InChI is InChI=1S/C11H18N4O2/c1-3-15-9(12)8(11(16)17-2)10(13-15)14-6-4-5-7-14/h3-7,12H2,1-2H3. The summed E-state index contributed by atoms with van der Waals surface area (Å²) in [6.45, 7) is 4.43. The molecule has 1 aromatic rings. The maximum absolute atomic E-state index is 11.8. The summed E-state index contributed by atoms with van der Waals surface area (Å²) in [5, 5.41) is 4.40. The van der Waals surface area contributed by atoms with Crippen LogP contribution in [0.1, 0.15) is 30.1 Å². The molecule has 94 valence electrons. The van der Waals surface area contributed by atoms with Crippen LogP contribution >= 0.6 is 0 Å². The van der Waals surface area contributed by atoms with Crippen molar-refractivity contribution in [3.05, 3.63) is 5.56 Å². The van der Waals surface area contributed by atoms with Gasteiger partial charge >= 0.3 is 5.97 Å². The maximum atomic E-state index is 11.8. The number of esters is 1. The highest BCUT2D eigenvalue weighted by Crippen LogP contribution is 2.28. The smallest absolute Gasteiger partial charge is 0.345 e. The molecule has 0 radical (unpaired) electrons. The molecule has 1 aromatic heterocycles. The van der Waals surface area contributed by atoms with Gasteiger partial charge in [0.25, 0.3) is 0 Å². The van der Waals surface area contributed by atoms with Crippen LogP contribution in [0.2, 0.25) is 0 Å². The number of nitrogen functional groups attached to an aromatic ring is 1. The number of aromatic nitrogens is 2. The summed E-state index contributed by atoms with van der Waals surface area (Å²) in [4.78, 5) is 13.9. The van der Waals surface area contributed by atoms with Crippen molar-refractivity contribution >= 4 is 17.6 Å². The molecule has 0 aromatic carbocycles. The van der Waals surface area contributed by atoms with Gasteiger partial charge in [-0.2, -0.15) is 5.10 Å². The molecule has 2 N–H and O–H groups in total. The van der Waals surface area contributed by atoms with Crippen molar-refractivity contribution in [2.75, 3.05) is 30.8 Å². The first-order valence-electron chi connectivity index (χ1n) is 5.88. The molecule has 0 spiro atoms. The summed E-state index contributed by atoms with van der Waals surface area (Å²) in [7, 11) is 1.36. The van der Waals surface area contributed by atoms with Crippen LogP contribution in [-0.2, 0) is 11.3 Å². The van der Waals surface area contributed by atoms with Crippen LogP contribution in [0.25, 0.3) is 0 Å². The molecule has 1 aliphatic rings. The predicted octanol–water partition coefficient (Wildman–Crippen LogP) is 0.872. The van der Waals surface area contributed by atoms with E-state index in [4.69, 9.17) is 10.5 Å². The van der Waals surface area contributed by atoms with E-state index in [1.807, 2.05) is 6.92 Å². The highest BCUT2D eigenvalue weighted by Gasteiger charge is 2.27. The van der Waals surface area contributed by atoms with Gasteiger partial charge in [-0.15, -0.1) is 0 Å². The van der Waals surface area contributed by atoms with Crippen LogP contribution in [0.3, 0.4) is 0 Å². The fourth-order valence-electron chi connectivity index (χ4n) is 2.15. The molecule has 6 heteroatoms. The second-order valence-electron chi connectivity index (χ2n) is 4.09. The molecular formula is C11H18N4O2. The van der Waals surface area contributed by atoms with E-state index < -0.39 is 5.97 Å². The molecule has 17 heavy (non-hydrogen) atoms. The second kappa shape index (κ2) is 4.65. The Hall–Kier alpha value is -1.72. The fraction of sp³-hybridized carbons (Fsp3) is 0.636. The minimum Gasteiger partial charge on any atom is -0.465 e. The normalized spacial score (nSPS) is 15.3. The first-order valence-corrected chi connectivity index (χ1v) is 5.88. The monoisotopic (exact) mass is 238 g/mol. The van der Waals surface area contributed by atoms with Gasteiger partial charge in [0.1, 0.15) is 11.4 Å². The third kappa shape index (κ3) is 1.94. The van der Waals surface area contributed by atoms with E-state index in [0.29, 0.717) is 23.7 Å². The third-order valence-electron chi connectivity index (χ3n) is 3.07. The molecule has 1 aliphatic heterocycles. The lowest BCUT2D eigenvalue weighted by Gasteiger charge is -2.15. The Bertz CT molecular complexity index is 421. The Balaban J connectivity index is 2.44. The number of methoxy groups -OCH3 is 1. The van der Waals surface area contributed by atoms with Crippen LogP contribution in [0.15, 0.2) is 0 Å². The number of carbonyl (C=O) groups is 1. The predicted molar refractivity (Wildman–Crippen MR) is 65.1 cm³/mol. The van der Waals surface area contributed by atoms with Crippen molar-refractivity contribution in [3.63, 3.8) is 0 Å². The average Bonchev–Trinajstić information content (AvgIpc) is 2.95. The van der Waals surface area contributed by atoms with Crippen molar-refractivity contribution in [1.29, 1.82) is 0 Å².